The third-order valence-corrected chi connectivity index (χ3v) is 7.82. The summed E-state index contributed by atoms with van der Waals surface area (Å²) in [5.74, 6) is -0.295. The second-order valence-electron chi connectivity index (χ2n) is 11.9. The van der Waals surface area contributed by atoms with E-state index in [1.54, 1.807) is 25.7 Å². The van der Waals surface area contributed by atoms with E-state index in [1.807, 2.05) is 4.90 Å². The molecule has 3 aliphatic rings. The van der Waals surface area contributed by atoms with Crippen molar-refractivity contribution >= 4 is 34.4 Å². The van der Waals surface area contributed by atoms with E-state index >= 15 is 4.39 Å². The van der Waals surface area contributed by atoms with Crippen molar-refractivity contribution in [2.24, 2.45) is 5.41 Å². The van der Waals surface area contributed by atoms with Crippen LogP contribution < -0.4 is 9.64 Å². The molecule has 12 heteroatoms. The largest absolute Gasteiger partial charge is 0.463 e. The zero-order valence-electron chi connectivity index (χ0n) is 22.8. The SMILES string of the molecule is CC(C)(C)OC(=O)N1CCN(c2nc(OCC3(CN4CCCC4)CC3)nc3c(F)c(Cl)ncc23)C[C@@H]1CC#N. The molecule has 1 amide bonds. The number of hydrogen-bond acceptors (Lipinski definition) is 9. The average Bonchev–Trinajstić information content (AvgIpc) is 3.45. The Morgan fingerprint density at radius 1 is 1.23 bits per heavy atom. The van der Waals surface area contributed by atoms with E-state index in [-0.39, 0.29) is 28.5 Å². The van der Waals surface area contributed by atoms with Gasteiger partial charge in [-0.2, -0.15) is 15.2 Å². The fourth-order valence-corrected chi connectivity index (χ4v) is 5.49. The maximum atomic E-state index is 15.1. The minimum absolute atomic E-state index is 0.0331. The van der Waals surface area contributed by atoms with Crippen molar-refractivity contribution in [2.45, 2.75) is 64.5 Å². The monoisotopic (exact) mass is 559 g/mol. The lowest BCUT2D eigenvalue weighted by Gasteiger charge is -2.41. The molecule has 0 aromatic carbocycles. The smallest absolute Gasteiger partial charge is 0.410 e. The number of halogens is 2. The van der Waals surface area contributed by atoms with Crippen molar-refractivity contribution in [3.63, 3.8) is 0 Å². The van der Waals surface area contributed by atoms with Crippen LogP contribution in [0.25, 0.3) is 10.9 Å². The molecule has 1 saturated carbocycles. The molecular weight excluding hydrogens is 525 g/mol. The van der Waals surface area contributed by atoms with Crippen LogP contribution in [0.4, 0.5) is 15.0 Å². The average molecular weight is 560 g/mol. The van der Waals surface area contributed by atoms with Gasteiger partial charge in [0.15, 0.2) is 11.0 Å². The molecule has 3 fully saturated rings. The molecule has 1 aliphatic carbocycles. The Balaban J connectivity index is 1.40. The van der Waals surface area contributed by atoms with Gasteiger partial charge in [-0.3, -0.25) is 0 Å². The molecule has 0 radical (unpaired) electrons. The number of ether oxygens (including phenoxy) is 2. The maximum absolute atomic E-state index is 15.1. The first kappa shape index (κ1) is 27.6. The van der Waals surface area contributed by atoms with Crippen molar-refractivity contribution in [1.82, 2.24) is 24.8 Å². The first-order valence-corrected chi connectivity index (χ1v) is 13.9. The van der Waals surface area contributed by atoms with Gasteiger partial charge in [0, 0.05) is 37.8 Å². The lowest BCUT2D eigenvalue weighted by Crippen LogP contribution is -2.56. The van der Waals surface area contributed by atoms with E-state index in [2.05, 4.69) is 20.9 Å². The van der Waals surface area contributed by atoms with E-state index in [0.717, 1.165) is 32.5 Å². The number of piperazine rings is 1. The number of aromatic nitrogens is 3. The number of hydrogen-bond donors (Lipinski definition) is 0. The quantitative estimate of drug-likeness (QED) is 0.456. The highest BCUT2D eigenvalue weighted by Gasteiger charge is 2.45. The minimum Gasteiger partial charge on any atom is -0.463 e. The summed E-state index contributed by atoms with van der Waals surface area (Å²) in [4.78, 5) is 31.9. The van der Waals surface area contributed by atoms with Gasteiger partial charge in [0.25, 0.3) is 0 Å². The topological polar surface area (TPSA) is 108 Å². The molecule has 0 bridgehead atoms. The molecular formula is C27H35ClFN7O3. The van der Waals surface area contributed by atoms with E-state index in [9.17, 15) is 10.1 Å². The number of nitrogens with zero attached hydrogens (tertiary/aromatic N) is 7. The van der Waals surface area contributed by atoms with Crippen LogP contribution in [0.3, 0.4) is 0 Å². The molecule has 0 N–H and O–H groups in total. The van der Waals surface area contributed by atoms with Gasteiger partial charge in [0.2, 0.25) is 0 Å². The van der Waals surface area contributed by atoms with Crippen molar-refractivity contribution in [3.05, 3.63) is 17.2 Å². The van der Waals surface area contributed by atoms with Crippen LogP contribution in [0.2, 0.25) is 5.15 Å². The Bertz CT molecular complexity index is 1270. The molecule has 0 unspecified atom stereocenters. The molecule has 2 saturated heterocycles. The maximum Gasteiger partial charge on any atom is 0.410 e. The Morgan fingerprint density at radius 2 is 1.97 bits per heavy atom. The summed E-state index contributed by atoms with van der Waals surface area (Å²) in [6.45, 7) is 10.1. The van der Waals surface area contributed by atoms with Gasteiger partial charge in [-0.1, -0.05) is 11.6 Å². The Kier molecular flexibility index (Phi) is 7.71. The lowest BCUT2D eigenvalue weighted by molar-refractivity contribution is 0.0145. The summed E-state index contributed by atoms with van der Waals surface area (Å²) in [5.41, 5.74) is -0.545. The third kappa shape index (κ3) is 6.28. The predicted octanol–water partition coefficient (Wildman–Crippen LogP) is 4.41. The summed E-state index contributed by atoms with van der Waals surface area (Å²) in [7, 11) is 0. The summed E-state index contributed by atoms with van der Waals surface area (Å²) in [6.07, 6.45) is 5.72. The van der Waals surface area contributed by atoms with E-state index in [4.69, 9.17) is 26.1 Å². The Morgan fingerprint density at radius 3 is 2.64 bits per heavy atom. The highest BCUT2D eigenvalue weighted by atomic mass is 35.5. The van der Waals surface area contributed by atoms with Gasteiger partial charge in [-0.05, 0) is 59.5 Å². The first-order valence-electron chi connectivity index (χ1n) is 13.6. The molecule has 10 nitrogen and oxygen atoms in total. The van der Waals surface area contributed by atoms with Crippen LogP contribution in [0.5, 0.6) is 6.01 Å². The fraction of sp³-hybridized carbons (Fsp3) is 0.667. The Hall–Kier alpha value is -2.97. The van der Waals surface area contributed by atoms with Gasteiger partial charge >= 0.3 is 12.1 Å². The number of fused-ring (bicyclic) bond motifs is 1. The normalized spacial score (nSPS) is 21.2. The summed E-state index contributed by atoms with van der Waals surface area (Å²) >= 11 is 6.00. The van der Waals surface area contributed by atoms with E-state index in [1.165, 1.54) is 19.0 Å². The van der Waals surface area contributed by atoms with Crippen molar-refractivity contribution in [3.8, 4) is 12.1 Å². The van der Waals surface area contributed by atoms with Crippen LogP contribution in [0.1, 0.15) is 52.9 Å². The third-order valence-electron chi connectivity index (χ3n) is 7.56. The number of carbonyl (C=O) groups is 1. The molecule has 4 heterocycles. The minimum atomic E-state index is -0.734. The van der Waals surface area contributed by atoms with E-state index < -0.39 is 23.6 Å². The molecule has 5 rings (SSSR count). The van der Waals surface area contributed by atoms with Gasteiger partial charge in [-0.15, -0.1) is 0 Å². The zero-order valence-corrected chi connectivity index (χ0v) is 23.5. The standard InChI is InChI=1S/C27H35ClFN7O3/c1-26(2,3)39-25(37)36-13-12-35(15-18(36)6-9-30)23-19-14-31-22(28)20(29)21(19)32-24(33-23)38-17-27(7-8-27)16-34-10-4-5-11-34/h14,18H,4-8,10-13,15-17H2,1-3H3/t18-/m0/s1. The number of carbonyl (C=O) groups excluding carboxylic acids is 1. The van der Waals surface area contributed by atoms with E-state index in [0.29, 0.717) is 37.4 Å². The molecule has 2 aromatic heterocycles. The molecule has 0 spiro atoms. The molecule has 2 aromatic rings. The van der Waals surface area contributed by atoms with Gasteiger partial charge < -0.3 is 24.2 Å². The van der Waals surface area contributed by atoms with Crippen molar-refractivity contribution in [1.29, 1.82) is 5.26 Å². The molecule has 1 atom stereocenters. The number of nitriles is 1. The van der Waals surface area contributed by atoms with Gasteiger partial charge in [0.05, 0.1) is 30.5 Å². The van der Waals surface area contributed by atoms with Crippen LogP contribution in [0.15, 0.2) is 6.20 Å². The number of anilines is 1. The van der Waals surface area contributed by atoms with Crippen LogP contribution in [-0.2, 0) is 4.74 Å². The van der Waals surface area contributed by atoms with Crippen molar-refractivity contribution in [2.75, 3.05) is 50.8 Å². The molecule has 210 valence electrons. The number of amides is 1. The Labute approximate surface area is 233 Å². The highest BCUT2D eigenvalue weighted by molar-refractivity contribution is 6.30. The summed E-state index contributed by atoms with van der Waals surface area (Å²) < 4.78 is 26.8. The summed E-state index contributed by atoms with van der Waals surface area (Å²) in [6, 6.07) is 1.81. The van der Waals surface area contributed by atoms with Gasteiger partial charge in [0.1, 0.15) is 16.9 Å². The number of likely N-dealkylation sites (tertiary alicyclic amines) is 1. The lowest BCUT2D eigenvalue weighted by atomic mass is 10.1. The number of pyridine rings is 1. The summed E-state index contributed by atoms with van der Waals surface area (Å²) in [5, 5.41) is 9.59. The van der Waals surface area contributed by atoms with Crippen LogP contribution >= 0.6 is 11.6 Å². The number of rotatable bonds is 7. The van der Waals surface area contributed by atoms with Crippen LogP contribution in [-0.4, -0.2) is 88.4 Å². The van der Waals surface area contributed by atoms with Crippen LogP contribution in [0, 0.1) is 22.6 Å². The second-order valence-corrected chi connectivity index (χ2v) is 12.2. The molecule has 39 heavy (non-hydrogen) atoms. The predicted molar refractivity (Wildman–Crippen MR) is 144 cm³/mol. The van der Waals surface area contributed by atoms with Gasteiger partial charge in [-0.25, -0.2) is 14.2 Å². The second kappa shape index (κ2) is 10.9. The fourth-order valence-electron chi connectivity index (χ4n) is 5.35. The molecule has 2 aliphatic heterocycles. The van der Waals surface area contributed by atoms with Crippen molar-refractivity contribution < 1.29 is 18.7 Å². The first-order chi connectivity index (χ1) is 18.6. The zero-order chi connectivity index (χ0) is 27.8. The highest BCUT2D eigenvalue weighted by Crippen LogP contribution is 2.47.